The lowest BCUT2D eigenvalue weighted by atomic mass is 10.1. The van der Waals surface area contributed by atoms with Crippen LogP contribution in [0.1, 0.15) is 18.2 Å². The number of nitrogens with one attached hydrogen (secondary N) is 1. The maximum absolute atomic E-state index is 12.5. The SMILES string of the molecule is CCc1oc2ccccc2c1C=CC(=O)Nc1cc(OC)c(OC)c(OC)c1. The van der Waals surface area contributed by atoms with E-state index < -0.39 is 0 Å². The fraction of sp³-hybridized carbons (Fsp3) is 0.227. The van der Waals surface area contributed by atoms with Crippen molar-refractivity contribution in [1.29, 1.82) is 0 Å². The first kappa shape index (κ1) is 19.4. The highest BCUT2D eigenvalue weighted by atomic mass is 16.5. The number of para-hydroxylation sites is 1. The Morgan fingerprint density at radius 3 is 2.36 bits per heavy atom. The molecule has 3 aromatic rings. The van der Waals surface area contributed by atoms with E-state index in [1.165, 1.54) is 27.4 Å². The van der Waals surface area contributed by atoms with Crippen LogP contribution in [0.15, 0.2) is 46.9 Å². The van der Waals surface area contributed by atoms with Crippen LogP contribution in [0.4, 0.5) is 5.69 Å². The third-order valence-corrected chi connectivity index (χ3v) is 4.37. The summed E-state index contributed by atoms with van der Waals surface area (Å²) in [6, 6.07) is 11.1. The Morgan fingerprint density at radius 2 is 1.75 bits per heavy atom. The Morgan fingerprint density at radius 1 is 1.07 bits per heavy atom. The number of anilines is 1. The van der Waals surface area contributed by atoms with E-state index in [4.69, 9.17) is 18.6 Å². The smallest absolute Gasteiger partial charge is 0.248 e. The zero-order valence-corrected chi connectivity index (χ0v) is 16.4. The number of carbonyl (C=O) groups excluding carboxylic acids is 1. The van der Waals surface area contributed by atoms with Crippen LogP contribution >= 0.6 is 0 Å². The predicted molar refractivity (Wildman–Crippen MR) is 109 cm³/mol. The highest BCUT2D eigenvalue weighted by molar-refractivity contribution is 6.03. The van der Waals surface area contributed by atoms with Crippen molar-refractivity contribution in [2.75, 3.05) is 26.6 Å². The van der Waals surface area contributed by atoms with Crippen LogP contribution < -0.4 is 19.5 Å². The molecule has 1 N–H and O–H groups in total. The number of rotatable bonds is 7. The second kappa shape index (κ2) is 8.52. The van der Waals surface area contributed by atoms with Crippen LogP contribution in [0.2, 0.25) is 0 Å². The molecule has 2 aromatic carbocycles. The first-order valence-corrected chi connectivity index (χ1v) is 8.90. The summed E-state index contributed by atoms with van der Waals surface area (Å²) >= 11 is 0. The number of carbonyl (C=O) groups is 1. The van der Waals surface area contributed by atoms with Crippen LogP contribution in [-0.2, 0) is 11.2 Å². The van der Waals surface area contributed by atoms with Gasteiger partial charge >= 0.3 is 0 Å². The lowest BCUT2D eigenvalue weighted by Gasteiger charge is -2.14. The monoisotopic (exact) mass is 381 g/mol. The third-order valence-electron chi connectivity index (χ3n) is 4.37. The molecule has 0 radical (unpaired) electrons. The predicted octanol–water partition coefficient (Wildman–Crippen LogP) is 4.67. The molecular formula is C22H23NO5. The molecule has 0 saturated carbocycles. The molecule has 0 saturated heterocycles. The van der Waals surface area contributed by atoms with Gasteiger partial charge in [0, 0.05) is 41.3 Å². The van der Waals surface area contributed by atoms with E-state index >= 15 is 0 Å². The molecule has 1 heterocycles. The summed E-state index contributed by atoms with van der Waals surface area (Å²) < 4.78 is 21.8. The summed E-state index contributed by atoms with van der Waals surface area (Å²) in [6.07, 6.45) is 4.00. The number of hydrogen-bond donors (Lipinski definition) is 1. The van der Waals surface area contributed by atoms with Gasteiger partial charge in [0.15, 0.2) is 11.5 Å². The van der Waals surface area contributed by atoms with Gasteiger partial charge in [-0.15, -0.1) is 0 Å². The van der Waals surface area contributed by atoms with E-state index in [9.17, 15) is 4.79 Å². The third kappa shape index (κ3) is 3.81. The van der Waals surface area contributed by atoms with Gasteiger partial charge in [0.2, 0.25) is 11.7 Å². The van der Waals surface area contributed by atoms with Crippen LogP contribution in [0.5, 0.6) is 17.2 Å². The maximum atomic E-state index is 12.5. The molecule has 28 heavy (non-hydrogen) atoms. The van der Waals surface area contributed by atoms with Crippen molar-refractivity contribution in [3.63, 3.8) is 0 Å². The summed E-state index contributed by atoms with van der Waals surface area (Å²) in [5.41, 5.74) is 2.26. The zero-order chi connectivity index (χ0) is 20.1. The van der Waals surface area contributed by atoms with E-state index in [0.717, 1.165) is 28.7 Å². The summed E-state index contributed by atoms with van der Waals surface area (Å²) in [6.45, 7) is 2.02. The number of aryl methyl sites for hydroxylation is 1. The Kier molecular flexibility index (Phi) is 5.89. The Hall–Kier alpha value is -3.41. The highest BCUT2D eigenvalue weighted by Crippen LogP contribution is 2.40. The van der Waals surface area contributed by atoms with E-state index in [0.29, 0.717) is 22.9 Å². The molecule has 146 valence electrons. The van der Waals surface area contributed by atoms with Crippen molar-refractivity contribution >= 4 is 28.6 Å². The van der Waals surface area contributed by atoms with Crippen molar-refractivity contribution in [2.24, 2.45) is 0 Å². The molecule has 6 heteroatoms. The van der Waals surface area contributed by atoms with Gasteiger partial charge in [-0.25, -0.2) is 0 Å². The lowest BCUT2D eigenvalue weighted by Crippen LogP contribution is -2.08. The average Bonchev–Trinajstić information content (AvgIpc) is 3.09. The molecule has 6 nitrogen and oxygen atoms in total. The molecular weight excluding hydrogens is 358 g/mol. The van der Waals surface area contributed by atoms with Gasteiger partial charge in [-0.1, -0.05) is 25.1 Å². The van der Waals surface area contributed by atoms with E-state index in [1.807, 2.05) is 31.2 Å². The normalized spacial score (nSPS) is 11.0. The van der Waals surface area contributed by atoms with Crippen molar-refractivity contribution in [2.45, 2.75) is 13.3 Å². The molecule has 0 aliphatic rings. The lowest BCUT2D eigenvalue weighted by molar-refractivity contribution is -0.111. The van der Waals surface area contributed by atoms with Crippen molar-refractivity contribution in [1.82, 2.24) is 0 Å². The quantitative estimate of drug-likeness (QED) is 0.602. The first-order chi connectivity index (χ1) is 13.6. The number of ether oxygens (including phenoxy) is 3. The van der Waals surface area contributed by atoms with Crippen molar-refractivity contribution in [3.8, 4) is 17.2 Å². The summed E-state index contributed by atoms with van der Waals surface area (Å²) in [5, 5.41) is 3.80. The fourth-order valence-corrected chi connectivity index (χ4v) is 3.06. The first-order valence-electron chi connectivity index (χ1n) is 8.90. The zero-order valence-electron chi connectivity index (χ0n) is 16.4. The van der Waals surface area contributed by atoms with Gasteiger partial charge in [0.25, 0.3) is 0 Å². The molecule has 0 unspecified atom stereocenters. The Balaban J connectivity index is 1.85. The standard InChI is InChI=1S/C22H23NO5/c1-5-17-16(15-8-6-7-9-18(15)28-17)10-11-21(24)23-14-12-19(25-2)22(27-4)20(13-14)26-3/h6-13H,5H2,1-4H3,(H,23,24). The maximum Gasteiger partial charge on any atom is 0.248 e. The van der Waals surface area contributed by atoms with Crippen LogP contribution in [0, 0.1) is 0 Å². The van der Waals surface area contributed by atoms with Crippen molar-refractivity contribution < 1.29 is 23.4 Å². The summed E-state index contributed by atoms with van der Waals surface area (Å²) in [7, 11) is 4.58. The topological polar surface area (TPSA) is 69.9 Å². The minimum absolute atomic E-state index is 0.276. The molecule has 1 amide bonds. The molecule has 0 aliphatic heterocycles. The largest absolute Gasteiger partial charge is 0.493 e. The average molecular weight is 381 g/mol. The number of furan rings is 1. The molecule has 0 bridgehead atoms. The second-order valence-corrected chi connectivity index (χ2v) is 6.03. The number of amides is 1. The van der Waals surface area contributed by atoms with Gasteiger partial charge in [0.05, 0.1) is 21.3 Å². The molecule has 0 fully saturated rings. The van der Waals surface area contributed by atoms with Gasteiger partial charge in [0.1, 0.15) is 11.3 Å². The molecule has 1 aromatic heterocycles. The highest BCUT2D eigenvalue weighted by Gasteiger charge is 2.14. The van der Waals surface area contributed by atoms with Crippen LogP contribution in [0.3, 0.4) is 0 Å². The van der Waals surface area contributed by atoms with Gasteiger partial charge < -0.3 is 23.9 Å². The fourth-order valence-electron chi connectivity index (χ4n) is 3.06. The molecule has 0 spiro atoms. The van der Waals surface area contributed by atoms with E-state index in [-0.39, 0.29) is 5.91 Å². The summed E-state index contributed by atoms with van der Waals surface area (Å²) in [5.74, 6) is 1.97. The Bertz CT molecular complexity index is 994. The van der Waals surface area contributed by atoms with Gasteiger partial charge in [-0.2, -0.15) is 0 Å². The molecule has 0 aliphatic carbocycles. The van der Waals surface area contributed by atoms with E-state index in [1.54, 1.807) is 18.2 Å². The number of hydrogen-bond acceptors (Lipinski definition) is 5. The summed E-state index contributed by atoms with van der Waals surface area (Å²) in [4.78, 5) is 12.5. The molecule has 0 atom stereocenters. The number of fused-ring (bicyclic) bond motifs is 1. The number of benzene rings is 2. The molecule has 3 rings (SSSR count). The Labute approximate surface area is 163 Å². The van der Waals surface area contributed by atoms with Crippen molar-refractivity contribution in [3.05, 3.63) is 53.8 Å². The van der Waals surface area contributed by atoms with Crippen LogP contribution in [-0.4, -0.2) is 27.2 Å². The van der Waals surface area contributed by atoms with Gasteiger partial charge in [-0.3, -0.25) is 4.79 Å². The minimum atomic E-state index is -0.276. The van der Waals surface area contributed by atoms with Gasteiger partial charge in [-0.05, 0) is 12.1 Å². The minimum Gasteiger partial charge on any atom is -0.493 e. The van der Waals surface area contributed by atoms with E-state index in [2.05, 4.69) is 5.32 Å². The second-order valence-electron chi connectivity index (χ2n) is 6.03. The van der Waals surface area contributed by atoms with Crippen LogP contribution in [0.25, 0.3) is 17.0 Å². The number of methoxy groups -OCH3 is 3.